The highest BCUT2D eigenvalue weighted by molar-refractivity contribution is 7.89. The van der Waals surface area contributed by atoms with Crippen molar-refractivity contribution in [2.45, 2.75) is 74.6 Å². The van der Waals surface area contributed by atoms with Crippen molar-refractivity contribution in [3.63, 3.8) is 0 Å². The highest BCUT2D eigenvalue weighted by atomic mass is 32.2. The first-order chi connectivity index (χ1) is 13.9. The summed E-state index contributed by atoms with van der Waals surface area (Å²) in [6.07, 6.45) is 9.16. The summed E-state index contributed by atoms with van der Waals surface area (Å²) in [6.45, 7) is 0.386. The number of aliphatic hydroxyl groups excluding tert-OH is 1. The van der Waals surface area contributed by atoms with Crippen LogP contribution in [0.3, 0.4) is 0 Å². The summed E-state index contributed by atoms with van der Waals surface area (Å²) in [5, 5.41) is 12.6. The van der Waals surface area contributed by atoms with E-state index >= 15 is 0 Å². The molecule has 1 saturated carbocycles. The summed E-state index contributed by atoms with van der Waals surface area (Å²) in [7, 11) is -2.11. The number of nitrogens with one attached hydrogen (secondary N) is 2. The number of nitrogens with zero attached hydrogens (tertiary/aromatic N) is 2. The molecule has 1 aliphatic carbocycles. The molecule has 3 rings (SSSR count). The fourth-order valence-corrected chi connectivity index (χ4v) is 5.41. The normalized spacial score (nSPS) is 26.3. The molecule has 1 amide bonds. The predicted octanol–water partition coefficient (Wildman–Crippen LogP) is 0.694. The lowest BCUT2D eigenvalue weighted by molar-refractivity contribution is -0.130. The number of imidazole rings is 1. The molecule has 2 fully saturated rings. The molecule has 0 radical (unpaired) electrons. The fourth-order valence-electron chi connectivity index (χ4n) is 4.13. The number of aliphatic hydroxyl groups is 1. The first-order valence-corrected chi connectivity index (χ1v) is 11.9. The van der Waals surface area contributed by atoms with Gasteiger partial charge in [0, 0.05) is 19.8 Å². The van der Waals surface area contributed by atoms with E-state index in [2.05, 4.69) is 15.0 Å². The van der Waals surface area contributed by atoms with Gasteiger partial charge in [-0.25, -0.2) is 18.1 Å². The van der Waals surface area contributed by atoms with Crippen molar-refractivity contribution < 1.29 is 23.1 Å². The summed E-state index contributed by atoms with van der Waals surface area (Å²) in [5.74, 6) is 0.514. The minimum Gasteiger partial charge on any atom is -0.394 e. The third-order valence-corrected chi connectivity index (χ3v) is 7.16. The number of hydrogen-bond acceptors (Lipinski definition) is 6. The van der Waals surface area contributed by atoms with Gasteiger partial charge in [0.25, 0.3) is 10.0 Å². The van der Waals surface area contributed by atoms with Crippen molar-refractivity contribution in [1.82, 2.24) is 19.6 Å². The molecule has 29 heavy (non-hydrogen) atoms. The average Bonchev–Trinajstić information content (AvgIpc) is 3.15. The van der Waals surface area contributed by atoms with E-state index in [0.717, 1.165) is 0 Å². The average molecular weight is 429 g/mol. The number of hydrogen-bond donors (Lipinski definition) is 3. The van der Waals surface area contributed by atoms with Crippen molar-refractivity contribution >= 4 is 15.9 Å². The van der Waals surface area contributed by atoms with E-state index < -0.39 is 22.2 Å². The molecule has 1 aromatic heterocycles. The van der Waals surface area contributed by atoms with Gasteiger partial charge in [-0.1, -0.05) is 19.3 Å². The van der Waals surface area contributed by atoms with E-state index in [9.17, 15) is 18.3 Å². The Hall–Kier alpha value is -1.49. The van der Waals surface area contributed by atoms with Gasteiger partial charge in [0.15, 0.2) is 5.03 Å². The van der Waals surface area contributed by atoms with Crippen LogP contribution in [0.2, 0.25) is 0 Å². The zero-order valence-corrected chi connectivity index (χ0v) is 17.7. The quantitative estimate of drug-likeness (QED) is 0.560. The number of amides is 1. The van der Waals surface area contributed by atoms with Crippen LogP contribution in [-0.2, 0) is 26.6 Å². The Kier molecular flexibility index (Phi) is 7.66. The Balaban J connectivity index is 1.48. The van der Waals surface area contributed by atoms with Gasteiger partial charge in [-0.3, -0.25) is 4.79 Å². The third-order valence-electron chi connectivity index (χ3n) is 5.78. The van der Waals surface area contributed by atoms with Crippen LogP contribution < -0.4 is 10.0 Å². The number of aromatic nitrogens is 2. The third kappa shape index (κ3) is 6.24. The van der Waals surface area contributed by atoms with Gasteiger partial charge in [0.2, 0.25) is 5.91 Å². The monoisotopic (exact) mass is 428 g/mol. The molecule has 1 saturated heterocycles. The summed E-state index contributed by atoms with van der Waals surface area (Å²) in [6, 6.07) is -0.562. The van der Waals surface area contributed by atoms with E-state index in [4.69, 9.17) is 4.74 Å². The lowest BCUT2D eigenvalue weighted by atomic mass is 9.89. The van der Waals surface area contributed by atoms with Crippen molar-refractivity contribution in [3.05, 3.63) is 12.5 Å². The van der Waals surface area contributed by atoms with Crippen molar-refractivity contribution in [3.8, 4) is 0 Å². The van der Waals surface area contributed by atoms with Gasteiger partial charge in [-0.2, -0.15) is 0 Å². The first-order valence-electron chi connectivity index (χ1n) is 10.4. The molecular weight excluding hydrogens is 396 g/mol. The van der Waals surface area contributed by atoms with Crippen LogP contribution >= 0.6 is 0 Å². The Labute approximate surface area is 172 Å². The lowest BCUT2D eigenvalue weighted by Gasteiger charge is -2.35. The van der Waals surface area contributed by atoms with Crippen molar-refractivity contribution in [2.24, 2.45) is 13.0 Å². The molecule has 1 aromatic rings. The van der Waals surface area contributed by atoms with Crippen LogP contribution in [0.1, 0.15) is 51.4 Å². The topological polar surface area (TPSA) is 123 Å². The predicted molar refractivity (Wildman–Crippen MR) is 107 cm³/mol. The highest BCUT2D eigenvalue weighted by Crippen LogP contribution is 2.24. The minimum atomic E-state index is -3.80. The second-order valence-electron chi connectivity index (χ2n) is 8.17. The van der Waals surface area contributed by atoms with Crippen molar-refractivity contribution in [2.75, 3.05) is 13.2 Å². The Morgan fingerprint density at radius 1 is 1.28 bits per heavy atom. The second-order valence-corrected chi connectivity index (χ2v) is 9.83. The molecule has 1 aliphatic heterocycles. The summed E-state index contributed by atoms with van der Waals surface area (Å²) in [5.41, 5.74) is 0. The molecule has 2 aliphatic rings. The molecule has 3 atom stereocenters. The van der Waals surface area contributed by atoms with Crippen LogP contribution in [0.25, 0.3) is 0 Å². The maximum Gasteiger partial charge on any atom is 0.259 e. The van der Waals surface area contributed by atoms with Gasteiger partial charge >= 0.3 is 0 Å². The molecule has 10 heteroatoms. The van der Waals surface area contributed by atoms with Crippen LogP contribution in [0.5, 0.6) is 0 Å². The van der Waals surface area contributed by atoms with Crippen molar-refractivity contribution in [1.29, 1.82) is 0 Å². The van der Waals surface area contributed by atoms with Gasteiger partial charge in [0.05, 0.1) is 37.6 Å². The van der Waals surface area contributed by atoms with Crippen LogP contribution in [0, 0.1) is 5.92 Å². The molecule has 0 aromatic carbocycles. The number of aryl methyl sites for hydroxylation is 1. The summed E-state index contributed by atoms with van der Waals surface area (Å²) in [4.78, 5) is 16.1. The van der Waals surface area contributed by atoms with Gasteiger partial charge in [-0.15, -0.1) is 0 Å². The lowest BCUT2D eigenvalue weighted by Crippen LogP contribution is -2.51. The number of carbonyl (C=O) groups excluding carboxylic acids is 1. The Morgan fingerprint density at radius 2 is 2.03 bits per heavy atom. The van der Waals surface area contributed by atoms with Crippen LogP contribution in [0.4, 0.5) is 0 Å². The zero-order valence-electron chi connectivity index (χ0n) is 16.9. The smallest absolute Gasteiger partial charge is 0.259 e. The van der Waals surface area contributed by atoms with Gasteiger partial charge < -0.3 is 19.7 Å². The standard InChI is InChI=1S/C19H32N4O5S/c1-23-11-19(21-13-23)29(26,27)22-16-8-7-15(28-17(16)12-24)9-18(25)20-10-14-5-3-2-4-6-14/h11,13-17,22,24H,2-10,12H2,1H3,(H,20,25)/t15-,16-,17-/m1/s1. The number of rotatable bonds is 8. The van der Waals surface area contributed by atoms with Crippen LogP contribution in [0.15, 0.2) is 17.6 Å². The molecule has 9 nitrogen and oxygen atoms in total. The second kappa shape index (κ2) is 10.0. The number of sulfonamides is 1. The molecule has 3 N–H and O–H groups in total. The molecule has 164 valence electrons. The van der Waals surface area contributed by atoms with E-state index in [1.54, 1.807) is 11.6 Å². The SMILES string of the molecule is Cn1cnc(S(=O)(=O)N[C@@H]2CC[C@H](CC(=O)NCC3CCCCC3)O[C@@H]2CO)c1. The fraction of sp³-hybridized carbons (Fsp3) is 0.789. The van der Waals surface area contributed by atoms with Gasteiger partial charge in [0.1, 0.15) is 0 Å². The maximum absolute atomic E-state index is 12.5. The van der Waals surface area contributed by atoms with E-state index in [-0.39, 0.29) is 30.1 Å². The summed E-state index contributed by atoms with van der Waals surface area (Å²) < 4.78 is 34.9. The van der Waals surface area contributed by atoms with Gasteiger partial charge in [-0.05, 0) is 31.6 Å². The molecule has 0 bridgehead atoms. The largest absolute Gasteiger partial charge is 0.394 e. The van der Waals surface area contributed by atoms with E-state index in [0.29, 0.717) is 25.3 Å². The number of carbonyl (C=O) groups is 1. The Morgan fingerprint density at radius 3 is 2.69 bits per heavy atom. The van der Waals surface area contributed by atoms with Crippen LogP contribution in [-0.4, -0.2) is 60.4 Å². The molecular formula is C19H32N4O5S. The molecule has 2 heterocycles. The highest BCUT2D eigenvalue weighted by Gasteiger charge is 2.35. The summed E-state index contributed by atoms with van der Waals surface area (Å²) >= 11 is 0. The van der Waals surface area contributed by atoms with E-state index in [1.165, 1.54) is 44.6 Å². The zero-order chi connectivity index (χ0) is 20.9. The minimum absolute atomic E-state index is 0.0511. The van der Waals surface area contributed by atoms with E-state index in [1.807, 2.05) is 0 Å². The maximum atomic E-state index is 12.5. The number of ether oxygens (including phenoxy) is 1. The Bertz CT molecular complexity index is 775. The molecule has 0 unspecified atom stereocenters. The molecule has 0 spiro atoms. The first kappa shape index (κ1) is 22.2.